The molecule has 0 radical (unpaired) electrons. The summed E-state index contributed by atoms with van der Waals surface area (Å²) in [6.45, 7) is 3.44. The number of carboxylic acid groups (broad SMARTS) is 1. The van der Waals surface area contributed by atoms with Crippen molar-refractivity contribution in [2.24, 2.45) is 0 Å². The molecular weight excluding hydrogens is 190 g/mol. The standard InChI is InChI=1S/C12H11NO2/c1-3-9-6-5-7-10(8-9)13-11(4-2)12(14)15/h1,4-8,11,13H,2H2,(H,14,15). The third-order valence-corrected chi connectivity index (χ3v) is 1.85. The van der Waals surface area contributed by atoms with Gasteiger partial charge in [-0.2, -0.15) is 0 Å². The van der Waals surface area contributed by atoms with Gasteiger partial charge in [-0.25, -0.2) is 4.79 Å². The zero-order valence-corrected chi connectivity index (χ0v) is 8.10. The van der Waals surface area contributed by atoms with Gasteiger partial charge in [0.15, 0.2) is 0 Å². The lowest BCUT2D eigenvalue weighted by Crippen LogP contribution is -2.26. The fraction of sp³-hybridized carbons (Fsp3) is 0.0833. The van der Waals surface area contributed by atoms with Gasteiger partial charge in [0.1, 0.15) is 6.04 Å². The molecule has 0 aliphatic heterocycles. The first-order valence-corrected chi connectivity index (χ1v) is 4.36. The van der Waals surface area contributed by atoms with Gasteiger partial charge in [-0.15, -0.1) is 13.0 Å². The van der Waals surface area contributed by atoms with Gasteiger partial charge in [-0.1, -0.05) is 18.1 Å². The Labute approximate surface area is 88.4 Å². The highest BCUT2D eigenvalue weighted by Gasteiger charge is 2.11. The first-order chi connectivity index (χ1) is 7.17. The molecule has 0 bridgehead atoms. The number of rotatable bonds is 4. The van der Waals surface area contributed by atoms with Gasteiger partial charge in [-0.3, -0.25) is 0 Å². The van der Waals surface area contributed by atoms with Crippen molar-refractivity contribution in [3.63, 3.8) is 0 Å². The number of hydrogen-bond acceptors (Lipinski definition) is 2. The first-order valence-electron chi connectivity index (χ1n) is 4.36. The van der Waals surface area contributed by atoms with Crippen molar-refractivity contribution in [3.05, 3.63) is 42.5 Å². The van der Waals surface area contributed by atoms with E-state index in [1.807, 2.05) is 0 Å². The Bertz CT molecular complexity index is 418. The van der Waals surface area contributed by atoms with Crippen LogP contribution >= 0.6 is 0 Å². The molecule has 0 aromatic heterocycles. The molecule has 2 N–H and O–H groups in total. The molecule has 3 heteroatoms. The van der Waals surface area contributed by atoms with Crippen LogP contribution in [-0.4, -0.2) is 17.1 Å². The molecule has 76 valence electrons. The number of aliphatic carboxylic acids is 1. The Balaban J connectivity index is 2.84. The van der Waals surface area contributed by atoms with Gasteiger partial charge in [0.25, 0.3) is 0 Å². The van der Waals surface area contributed by atoms with E-state index in [1.165, 1.54) is 6.08 Å². The van der Waals surface area contributed by atoms with Crippen LogP contribution < -0.4 is 5.32 Å². The molecule has 3 nitrogen and oxygen atoms in total. The number of terminal acetylenes is 1. The molecule has 1 rings (SSSR count). The van der Waals surface area contributed by atoms with E-state index < -0.39 is 12.0 Å². The van der Waals surface area contributed by atoms with E-state index in [0.29, 0.717) is 11.3 Å². The predicted octanol–water partition coefficient (Wildman–Crippen LogP) is 1.72. The van der Waals surface area contributed by atoms with Crippen molar-refractivity contribution in [2.75, 3.05) is 5.32 Å². The predicted molar refractivity (Wildman–Crippen MR) is 59.6 cm³/mol. The third-order valence-electron chi connectivity index (χ3n) is 1.85. The van der Waals surface area contributed by atoms with E-state index in [0.717, 1.165) is 0 Å². The second kappa shape index (κ2) is 4.87. The maximum Gasteiger partial charge on any atom is 0.330 e. The summed E-state index contributed by atoms with van der Waals surface area (Å²) in [5.41, 5.74) is 1.37. The van der Waals surface area contributed by atoms with Crippen molar-refractivity contribution in [1.29, 1.82) is 0 Å². The number of hydrogen-bond donors (Lipinski definition) is 2. The summed E-state index contributed by atoms with van der Waals surface area (Å²) < 4.78 is 0. The Morgan fingerprint density at radius 3 is 2.93 bits per heavy atom. The lowest BCUT2D eigenvalue weighted by atomic mass is 10.2. The Hall–Kier alpha value is -2.21. The maximum absolute atomic E-state index is 10.7. The van der Waals surface area contributed by atoms with Crippen LogP contribution in [0, 0.1) is 12.3 Å². The summed E-state index contributed by atoms with van der Waals surface area (Å²) >= 11 is 0. The number of anilines is 1. The van der Waals surface area contributed by atoms with Gasteiger partial charge in [0.05, 0.1) is 0 Å². The molecule has 0 amide bonds. The van der Waals surface area contributed by atoms with E-state index in [2.05, 4.69) is 17.8 Å². The minimum Gasteiger partial charge on any atom is -0.479 e. The van der Waals surface area contributed by atoms with E-state index >= 15 is 0 Å². The number of carbonyl (C=O) groups is 1. The Morgan fingerprint density at radius 1 is 1.67 bits per heavy atom. The van der Waals surface area contributed by atoms with Crippen LogP contribution in [0.2, 0.25) is 0 Å². The zero-order chi connectivity index (χ0) is 11.3. The zero-order valence-electron chi connectivity index (χ0n) is 8.10. The number of nitrogens with one attached hydrogen (secondary N) is 1. The fourth-order valence-corrected chi connectivity index (χ4v) is 1.10. The van der Waals surface area contributed by atoms with Crippen molar-refractivity contribution in [1.82, 2.24) is 0 Å². The van der Waals surface area contributed by atoms with Crippen LogP contribution in [0.15, 0.2) is 36.9 Å². The van der Waals surface area contributed by atoms with Gasteiger partial charge in [-0.05, 0) is 18.2 Å². The molecular formula is C12H11NO2. The number of carboxylic acids is 1. The van der Waals surface area contributed by atoms with Crippen molar-refractivity contribution >= 4 is 11.7 Å². The maximum atomic E-state index is 10.7. The normalized spacial score (nSPS) is 11.1. The van der Waals surface area contributed by atoms with Crippen molar-refractivity contribution < 1.29 is 9.90 Å². The molecule has 0 fully saturated rings. The average Bonchev–Trinajstić information content (AvgIpc) is 2.25. The van der Waals surface area contributed by atoms with Crippen LogP contribution in [-0.2, 0) is 4.79 Å². The summed E-state index contributed by atoms with van der Waals surface area (Å²) in [6.07, 6.45) is 6.55. The van der Waals surface area contributed by atoms with Crippen molar-refractivity contribution in [2.45, 2.75) is 6.04 Å². The minimum atomic E-state index is -0.976. The third kappa shape index (κ3) is 2.89. The lowest BCUT2D eigenvalue weighted by molar-refractivity contribution is -0.136. The molecule has 0 spiro atoms. The Kier molecular flexibility index (Phi) is 3.53. The second-order valence-corrected chi connectivity index (χ2v) is 2.92. The molecule has 0 saturated heterocycles. The molecule has 15 heavy (non-hydrogen) atoms. The highest BCUT2D eigenvalue weighted by molar-refractivity contribution is 5.79. The average molecular weight is 201 g/mol. The van der Waals surface area contributed by atoms with E-state index in [1.54, 1.807) is 24.3 Å². The van der Waals surface area contributed by atoms with E-state index in [9.17, 15) is 4.79 Å². The highest BCUT2D eigenvalue weighted by atomic mass is 16.4. The van der Waals surface area contributed by atoms with Crippen LogP contribution in [0.25, 0.3) is 0 Å². The van der Waals surface area contributed by atoms with Gasteiger partial charge >= 0.3 is 5.97 Å². The molecule has 0 saturated carbocycles. The van der Waals surface area contributed by atoms with Crippen LogP contribution in [0.1, 0.15) is 5.56 Å². The molecule has 0 aliphatic carbocycles. The Morgan fingerprint density at radius 2 is 2.40 bits per heavy atom. The smallest absolute Gasteiger partial charge is 0.330 e. The van der Waals surface area contributed by atoms with E-state index in [-0.39, 0.29) is 0 Å². The summed E-state index contributed by atoms with van der Waals surface area (Å²) in [7, 11) is 0. The molecule has 1 aromatic rings. The minimum absolute atomic E-state index is 0.665. The quantitative estimate of drug-likeness (QED) is 0.576. The van der Waals surface area contributed by atoms with Crippen LogP contribution in [0.5, 0.6) is 0 Å². The lowest BCUT2D eigenvalue weighted by Gasteiger charge is -2.11. The van der Waals surface area contributed by atoms with Gasteiger partial charge in [0.2, 0.25) is 0 Å². The first kappa shape index (κ1) is 10.9. The van der Waals surface area contributed by atoms with Crippen molar-refractivity contribution in [3.8, 4) is 12.3 Å². The molecule has 1 aromatic carbocycles. The largest absolute Gasteiger partial charge is 0.479 e. The SMILES string of the molecule is C#Cc1cccc(NC(C=C)C(=O)O)c1. The fourth-order valence-electron chi connectivity index (χ4n) is 1.10. The second-order valence-electron chi connectivity index (χ2n) is 2.92. The molecule has 0 aliphatic rings. The summed E-state index contributed by atoms with van der Waals surface area (Å²) in [5.74, 6) is 1.50. The molecule has 1 atom stereocenters. The van der Waals surface area contributed by atoms with Gasteiger partial charge in [0, 0.05) is 11.3 Å². The summed E-state index contributed by atoms with van der Waals surface area (Å²) in [5, 5.41) is 11.6. The van der Waals surface area contributed by atoms with Crippen LogP contribution in [0.3, 0.4) is 0 Å². The number of benzene rings is 1. The highest BCUT2D eigenvalue weighted by Crippen LogP contribution is 2.11. The topological polar surface area (TPSA) is 49.3 Å². The summed E-state index contributed by atoms with van der Waals surface area (Å²) in [4.78, 5) is 10.7. The summed E-state index contributed by atoms with van der Waals surface area (Å²) in [6, 6.07) is 6.19. The molecule has 1 unspecified atom stereocenters. The van der Waals surface area contributed by atoms with Crippen LogP contribution in [0.4, 0.5) is 5.69 Å². The monoisotopic (exact) mass is 201 g/mol. The van der Waals surface area contributed by atoms with Gasteiger partial charge < -0.3 is 10.4 Å². The molecule has 0 heterocycles. The van der Waals surface area contributed by atoms with E-state index in [4.69, 9.17) is 11.5 Å².